The van der Waals surface area contributed by atoms with Crippen LogP contribution in [0.25, 0.3) is 11.1 Å². The van der Waals surface area contributed by atoms with E-state index < -0.39 is 66.8 Å². The minimum Gasteiger partial charge on any atom is -0.384 e. The van der Waals surface area contributed by atoms with Crippen LogP contribution in [0.4, 0.5) is 27.6 Å². The Hall–Kier alpha value is -7.52. The number of anilines is 1. The van der Waals surface area contributed by atoms with Crippen molar-refractivity contribution in [2.45, 2.75) is 76.0 Å². The third kappa shape index (κ3) is 12.7. The number of nitrogens with zero attached hydrogens (tertiary/aromatic N) is 5. The number of unbranched alkanes of at least 4 members (excludes halogenated alkanes) is 2. The molecule has 0 spiro atoms. The highest BCUT2D eigenvalue weighted by Crippen LogP contribution is 2.42. The molecule has 22 heteroatoms. The summed E-state index contributed by atoms with van der Waals surface area (Å²) >= 11 is 0. The van der Waals surface area contributed by atoms with Crippen molar-refractivity contribution in [3.8, 4) is 11.1 Å². The number of hydrogen-bond acceptors (Lipinski definition) is 10. The summed E-state index contributed by atoms with van der Waals surface area (Å²) in [6, 6.07) is 13.8. The first-order chi connectivity index (χ1) is 32.5. The molecule has 4 aromatic rings. The van der Waals surface area contributed by atoms with Gasteiger partial charge in [0.05, 0.1) is 29.9 Å². The summed E-state index contributed by atoms with van der Waals surface area (Å²) in [5, 5.41) is 15.2. The van der Waals surface area contributed by atoms with E-state index in [0.29, 0.717) is 47.6 Å². The van der Waals surface area contributed by atoms with E-state index in [1.807, 2.05) is 12.1 Å². The summed E-state index contributed by atoms with van der Waals surface area (Å²) in [7, 11) is 1.29. The van der Waals surface area contributed by atoms with E-state index in [0.717, 1.165) is 57.9 Å². The molecule has 1 unspecified atom stereocenters. The lowest BCUT2D eigenvalue weighted by molar-refractivity contribution is -0.163. The first-order valence-corrected chi connectivity index (χ1v) is 21.6. The number of carbonyl (C=O) groups excluding carboxylic acids is 8. The van der Waals surface area contributed by atoms with Gasteiger partial charge in [0.25, 0.3) is 11.8 Å². The number of rotatable bonds is 19. The molecule has 1 fully saturated rings. The Morgan fingerprint density at radius 2 is 1.69 bits per heavy atom. The lowest BCUT2D eigenvalue weighted by atomic mass is 10.0. The van der Waals surface area contributed by atoms with Gasteiger partial charge < -0.3 is 25.8 Å². The zero-order chi connectivity index (χ0) is 49.1. The molecule has 7 rings (SSSR count). The Labute approximate surface area is 386 Å². The fourth-order valence-corrected chi connectivity index (χ4v) is 8.00. The highest BCUT2D eigenvalue weighted by molar-refractivity contribution is 6.25. The number of hydrogen-bond donors (Lipinski definition) is 4. The van der Waals surface area contributed by atoms with Gasteiger partial charge >= 0.3 is 6.18 Å². The van der Waals surface area contributed by atoms with Crippen LogP contribution in [0.15, 0.2) is 73.1 Å². The number of amides is 8. The van der Waals surface area contributed by atoms with Gasteiger partial charge in [-0.3, -0.25) is 53.3 Å². The van der Waals surface area contributed by atoms with Crippen molar-refractivity contribution < 1.29 is 60.3 Å². The van der Waals surface area contributed by atoms with Crippen LogP contribution < -0.4 is 21.3 Å². The molecule has 3 aromatic carbocycles. The summed E-state index contributed by atoms with van der Waals surface area (Å²) in [4.78, 5) is 98.1. The molecule has 8 amide bonds. The van der Waals surface area contributed by atoms with Gasteiger partial charge in [0.15, 0.2) is 0 Å². The van der Waals surface area contributed by atoms with Gasteiger partial charge in [0, 0.05) is 57.0 Å². The Balaban J connectivity index is 0.000000305. The van der Waals surface area contributed by atoms with Gasteiger partial charge in [-0.15, -0.1) is 0 Å². The molecule has 3 heterocycles. The molecule has 0 radical (unpaired) electrons. The van der Waals surface area contributed by atoms with Crippen LogP contribution in [-0.2, 0) is 41.9 Å². The molecule has 3 aliphatic rings. The molecular formula is C46H48F5N9O8. The van der Waals surface area contributed by atoms with Crippen molar-refractivity contribution in [3.05, 3.63) is 107 Å². The van der Waals surface area contributed by atoms with Crippen molar-refractivity contribution in [1.29, 1.82) is 0 Å². The maximum absolute atomic E-state index is 14.5. The number of benzene rings is 3. The van der Waals surface area contributed by atoms with Crippen LogP contribution in [0, 0.1) is 5.82 Å². The Morgan fingerprint density at radius 3 is 2.40 bits per heavy atom. The third-order valence-corrected chi connectivity index (χ3v) is 11.3. The number of imide groups is 2. The van der Waals surface area contributed by atoms with E-state index in [4.69, 9.17) is 0 Å². The normalized spacial score (nSPS) is 17.3. The van der Waals surface area contributed by atoms with E-state index in [9.17, 15) is 60.3 Å². The van der Waals surface area contributed by atoms with Gasteiger partial charge in [0.1, 0.15) is 31.1 Å². The Bertz CT molecular complexity index is 2540. The maximum atomic E-state index is 14.5. The Morgan fingerprint density at radius 1 is 0.941 bits per heavy atom. The molecule has 0 saturated carbocycles. The molecule has 17 nitrogen and oxygen atoms in total. The van der Waals surface area contributed by atoms with Gasteiger partial charge in [-0.2, -0.15) is 18.3 Å². The fourth-order valence-electron chi connectivity index (χ4n) is 8.00. The number of piperidine rings is 1. The molecule has 1 saturated heterocycles. The number of likely N-dealkylation sites (N-methyl/N-ethyl adjacent to an activating group) is 1. The maximum Gasteiger partial charge on any atom is 0.406 e. The summed E-state index contributed by atoms with van der Waals surface area (Å²) < 4.78 is 66.4. The molecule has 1 aliphatic carbocycles. The minimum atomic E-state index is -4.56. The average molecular weight is 950 g/mol. The molecule has 2 aliphatic heterocycles. The fraction of sp³-hybridized carbons (Fsp3) is 0.370. The van der Waals surface area contributed by atoms with Gasteiger partial charge in [-0.25, -0.2) is 8.78 Å². The average Bonchev–Trinajstić information content (AvgIpc) is 3.96. The quantitative estimate of drug-likeness (QED) is 0.0452. The van der Waals surface area contributed by atoms with Crippen LogP contribution in [-0.4, -0.2) is 118 Å². The molecule has 1 aromatic heterocycles. The molecule has 68 heavy (non-hydrogen) atoms. The predicted octanol–water partition coefficient (Wildman–Crippen LogP) is 4.36. The zero-order valence-corrected chi connectivity index (χ0v) is 36.7. The van der Waals surface area contributed by atoms with E-state index >= 15 is 0 Å². The molecule has 360 valence electrons. The van der Waals surface area contributed by atoms with E-state index in [1.54, 1.807) is 36.7 Å². The first kappa shape index (κ1) is 49.9. The van der Waals surface area contributed by atoms with Gasteiger partial charge in [-0.1, -0.05) is 30.3 Å². The van der Waals surface area contributed by atoms with Crippen LogP contribution >= 0.6 is 0 Å². The number of halogens is 5. The van der Waals surface area contributed by atoms with Crippen molar-refractivity contribution >= 4 is 54.0 Å². The lowest BCUT2D eigenvalue weighted by Crippen LogP contribution is -2.54. The van der Waals surface area contributed by atoms with E-state index in [-0.39, 0.29) is 55.4 Å². The second-order valence-electron chi connectivity index (χ2n) is 16.3. The number of nitrogens with one attached hydrogen (secondary N) is 4. The topological polar surface area (TPSA) is 212 Å². The minimum absolute atomic E-state index is 0.0330. The lowest BCUT2D eigenvalue weighted by Gasteiger charge is -2.27. The monoisotopic (exact) mass is 949 g/mol. The second-order valence-corrected chi connectivity index (χ2v) is 16.3. The number of alkyl halides is 4. The van der Waals surface area contributed by atoms with Gasteiger partial charge in [0.2, 0.25) is 36.4 Å². The molecular weight excluding hydrogens is 902 g/mol. The van der Waals surface area contributed by atoms with Crippen molar-refractivity contribution in [1.82, 2.24) is 40.4 Å². The molecule has 0 bridgehead atoms. The van der Waals surface area contributed by atoms with Crippen molar-refractivity contribution in [2.75, 3.05) is 38.5 Å². The summed E-state index contributed by atoms with van der Waals surface area (Å²) in [5.41, 5.74) is 4.17. The SMILES string of the molecule is CN(C=O)CC(=O)N(Cc1ccc(F)cc1)CC(F)(F)F.O=CN[C@H]1C[C@@H](F)c2cc(-c3cnn(CC(=O)NCCCCCNc4cccc5c4C(=O)N(C4CCC(=O)NC4=O)C5=O)c3)ccc21. The first-order valence-electron chi connectivity index (χ1n) is 21.6. The predicted molar refractivity (Wildman–Crippen MR) is 233 cm³/mol. The summed E-state index contributed by atoms with van der Waals surface area (Å²) in [6.45, 7) is -1.17. The second kappa shape index (κ2) is 22.3. The van der Waals surface area contributed by atoms with Crippen LogP contribution in [0.1, 0.15) is 88.1 Å². The van der Waals surface area contributed by atoms with Crippen LogP contribution in [0.3, 0.4) is 0 Å². The standard InChI is InChI=1S/C33H34FN7O6.C13H14F4N2O2/c34-24-14-26(37-18-42)21-8-7-19(13-23(21)24)20-15-38-40(16-20)17-29(44)36-12-3-1-2-11-35-25-6-4-5-22-30(25)33(47)41(32(22)46)27-9-10-28(43)39-31(27)45;1-18(9-20)7-12(21)19(8-13(15,16)17)6-10-2-4-11(14)5-3-10/h4-8,13,15-16,18,24,26-27,35H,1-3,9-12,14,17H2,(H,36,44)(H,37,42)(H,39,43,45);2-5,9H,6-8H2,1H3/t24-,26+,27?;/m1./s1. The highest BCUT2D eigenvalue weighted by Gasteiger charge is 2.45. The number of fused-ring (bicyclic) bond motifs is 2. The Kier molecular flexibility index (Phi) is 16.4. The molecule has 3 atom stereocenters. The van der Waals surface area contributed by atoms with E-state index in [2.05, 4.69) is 26.4 Å². The largest absolute Gasteiger partial charge is 0.406 e. The number of aromatic nitrogens is 2. The zero-order valence-electron chi connectivity index (χ0n) is 36.7. The van der Waals surface area contributed by atoms with E-state index in [1.165, 1.54) is 23.9 Å². The summed E-state index contributed by atoms with van der Waals surface area (Å²) in [5.74, 6) is -3.74. The smallest absolute Gasteiger partial charge is 0.384 e. The summed E-state index contributed by atoms with van der Waals surface area (Å²) in [6.07, 6.45) is 1.20. The molecule has 4 N–H and O–H groups in total. The van der Waals surface area contributed by atoms with Crippen molar-refractivity contribution in [3.63, 3.8) is 0 Å². The van der Waals surface area contributed by atoms with Crippen molar-refractivity contribution in [2.24, 2.45) is 0 Å². The third-order valence-electron chi connectivity index (χ3n) is 11.3. The highest BCUT2D eigenvalue weighted by atomic mass is 19.4. The van der Waals surface area contributed by atoms with Crippen LogP contribution in [0.5, 0.6) is 0 Å². The van der Waals surface area contributed by atoms with Gasteiger partial charge in [-0.05, 0) is 78.3 Å². The van der Waals surface area contributed by atoms with Crippen LogP contribution in [0.2, 0.25) is 0 Å². The number of carbonyl (C=O) groups is 8.